The third-order valence-electron chi connectivity index (χ3n) is 2.02. The standard InChI is InChI=1S/C12H12Cl2N2O3/c1-3-19-12(18)11(7(2)17)16-15-8-4-5-9(13)10(14)6-8/h4-6,15H,3H2,1-2H3/b16-11-. The number of hydrogen-bond donors (Lipinski definition) is 1. The molecule has 0 saturated heterocycles. The number of hydrazone groups is 1. The lowest BCUT2D eigenvalue weighted by atomic mass is 10.3. The third-order valence-corrected chi connectivity index (χ3v) is 2.76. The molecule has 0 heterocycles. The summed E-state index contributed by atoms with van der Waals surface area (Å²) in [5.41, 5.74) is 2.74. The van der Waals surface area contributed by atoms with E-state index in [-0.39, 0.29) is 12.3 Å². The van der Waals surface area contributed by atoms with Crippen molar-refractivity contribution in [2.45, 2.75) is 13.8 Å². The van der Waals surface area contributed by atoms with Crippen LogP contribution in [-0.4, -0.2) is 24.1 Å². The highest BCUT2D eigenvalue weighted by Gasteiger charge is 2.17. The first-order valence-corrected chi connectivity index (χ1v) is 6.18. The van der Waals surface area contributed by atoms with Crippen LogP contribution in [0.15, 0.2) is 23.3 Å². The summed E-state index contributed by atoms with van der Waals surface area (Å²) < 4.78 is 4.72. The normalized spacial score (nSPS) is 11.1. The van der Waals surface area contributed by atoms with Gasteiger partial charge in [0.1, 0.15) is 0 Å². The Balaban J connectivity index is 2.89. The van der Waals surface area contributed by atoms with Crippen LogP contribution in [0.4, 0.5) is 5.69 Å². The van der Waals surface area contributed by atoms with Crippen LogP contribution in [0.1, 0.15) is 13.8 Å². The Hall–Kier alpha value is -1.59. The third kappa shape index (κ3) is 4.54. The van der Waals surface area contributed by atoms with Crippen molar-refractivity contribution in [1.29, 1.82) is 0 Å². The van der Waals surface area contributed by atoms with Gasteiger partial charge in [0, 0.05) is 6.92 Å². The largest absolute Gasteiger partial charge is 0.461 e. The Kier molecular flexibility index (Phi) is 5.79. The van der Waals surface area contributed by atoms with Gasteiger partial charge in [-0.2, -0.15) is 5.10 Å². The number of benzene rings is 1. The van der Waals surface area contributed by atoms with Crippen LogP contribution in [-0.2, 0) is 14.3 Å². The van der Waals surface area contributed by atoms with Crippen molar-refractivity contribution in [2.75, 3.05) is 12.0 Å². The molecule has 1 N–H and O–H groups in total. The van der Waals surface area contributed by atoms with Crippen molar-refractivity contribution in [3.05, 3.63) is 28.2 Å². The molecule has 1 aromatic rings. The Bertz CT molecular complexity index is 530. The van der Waals surface area contributed by atoms with E-state index in [2.05, 4.69) is 10.5 Å². The minimum absolute atomic E-state index is 0.165. The molecule has 102 valence electrons. The Morgan fingerprint density at radius 3 is 2.53 bits per heavy atom. The molecule has 1 aromatic carbocycles. The van der Waals surface area contributed by atoms with Gasteiger partial charge in [0.25, 0.3) is 0 Å². The minimum Gasteiger partial charge on any atom is -0.461 e. The number of hydrogen-bond acceptors (Lipinski definition) is 5. The van der Waals surface area contributed by atoms with Gasteiger partial charge in [-0.15, -0.1) is 0 Å². The summed E-state index contributed by atoms with van der Waals surface area (Å²) in [4.78, 5) is 22.7. The maximum Gasteiger partial charge on any atom is 0.362 e. The van der Waals surface area contributed by atoms with Crippen molar-refractivity contribution >= 4 is 46.4 Å². The van der Waals surface area contributed by atoms with Crippen LogP contribution >= 0.6 is 23.2 Å². The molecule has 7 heteroatoms. The first-order valence-electron chi connectivity index (χ1n) is 5.42. The molecule has 0 fully saturated rings. The van der Waals surface area contributed by atoms with Crippen LogP contribution in [0.25, 0.3) is 0 Å². The number of halogens is 2. The van der Waals surface area contributed by atoms with Gasteiger partial charge in [-0.25, -0.2) is 4.79 Å². The van der Waals surface area contributed by atoms with Crippen LogP contribution in [0, 0.1) is 0 Å². The zero-order valence-corrected chi connectivity index (χ0v) is 11.9. The molecule has 0 atom stereocenters. The number of nitrogens with one attached hydrogen (secondary N) is 1. The van der Waals surface area contributed by atoms with Crippen LogP contribution in [0.3, 0.4) is 0 Å². The molecule has 0 spiro atoms. The van der Waals surface area contributed by atoms with Crippen LogP contribution in [0.5, 0.6) is 0 Å². The van der Waals surface area contributed by atoms with E-state index in [0.717, 1.165) is 0 Å². The number of carbonyl (C=O) groups is 2. The fourth-order valence-electron chi connectivity index (χ4n) is 1.15. The van der Waals surface area contributed by atoms with E-state index in [4.69, 9.17) is 27.9 Å². The molecule has 0 bridgehead atoms. The van der Waals surface area contributed by atoms with Crippen LogP contribution < -0.4 is 5.43 Å². The lowest BCUT2D eigenvalue weighted by Crippen LogP contribution is -2.25. The monoisotopic (exact) mass is 302 g/mol. The lowest BCUT2D eigenvalue weighted by molar-refractivity contribution is -0.135. The van der Waals surface area contributed by atoms with Crippen molar-refractivity contribution in [3.63, 3.8) is 0 Å². The first-order chi connectivity index (χ1) is 8.95. The van der Waals surface area contributed by atoms with Gasteiger partial charge in [0.05, 0.1) is 22.3 Å². The summed E-state index contributed by atoms with van der Waals surface area (Å²) in [5.74, 6) is -1.27. The smallest absolute Gasteiger partial charge is 0.362 e. The van der Waals surface area contributed by atoms with Gasteiger partial charge < -0.3 is 4.74 Å². The van der Waals surface area contributed by atoms with Gasteiger partial charge in [-0.3, -0.25) is 10.2 Å². The average molecular weight is 303 g/mol. The second-order valence-electron chi connectivity index (χ2n) is 3.48. The summed E-state index contributed by atoms with van der Waals surface area (Å²) in [6.07, 6.45) is 0. The highest BCUT2D eigenvalue weighted by Crippen LogP contribution is 2.24. The molecule has 0 unspecified atom stereocenters. The summed E-state index contributed by atoms with van der Waals surface area (Å²) in [5, 5.41) is 4.46. The summed E-state index contributed by atoms with van der Waals surface area (Å²) in [6.45, 7) is 3.03. The minimum atomic E-state index is -0.775. The van der Waals surface area contributed by atoms with E-state index in [1.807, 2.05) is 0 Å². The van der Waals surface area contributed by atoms with E-state index in [1.165, 1.54) is 13.0 Å². The molecule has 0 aliphatic carbocycles. The maximum atomic E-state index is 11.5. The molecule has 0 amide bonds. The quantitative estimate of drug-likeness (QED) is 0.393. The van der Waals surface area contributed by atoms with E-state index < -0.39 is 11.8 Å². The maximum absolute atomic E-state index is 11.5. The highest BCUT2D eigenvalue weighted by molar-refractivity contribution is 6.64. The molecule has 0 aliphatic rings. The summed E-state index contributed by atoms with van der Waals surface area (Å²) in [7, 11) is 0. The Morgan fingerprint density at radius 2 is 2.00 bits per heavy atom. The molecule has 0 radical (unpaired) electrons. The molecule has 0 saturated carbocycles. The number of nitrogens with zero attached hydrogens (tertiary/aromatic N) is 1. The molecule has 5 nitrogen and oxygen atoms in total. The zero-order valence-electron chi connectivity index (χ0n) is 10.4. The highest BCUT2D eigenvalue weighted by atomic mass is 35.5. The second-order valence-corrected chi connectivity index (χ2v) is 4.29. The summed E-state index contributed by atoms with van der Waals surface area (Å²) >= 11 is 11.6. The first kappa shape index (κ1) is 15.5. The predicted molar refractivity (Wildman–Crippen MR) is 74.8 cm³/mol. The fourth-order valence-corrected chi connectivity index (χ4v) is 1.45. The SMILES string of the molecule is CCOC(=O)/C(=N\Nc1ccc(Cl)c(Cl)c1)C(C)=O. The predicted octanol–water partition coefficient (Wildman–Crippen LogP) is 2.91. The number of rotatable bonds is 5. The number of Topliss-reactive ketones (excluding diaryl/α,β-unsaturated/α-hetero) is 1. The average Bonchev–Trinajstić information content (AvgIpc) is 2.33. The fraction of sp³-hybridized carbons (Fsp3) is 0.250. The van der Waals surface area contributed by atoms with Crippen LogP contribution in [0.2, 0.25) is 10.0 Å². The topological polar surface area (TPSA) is 67.8 Å². The molecule has 19 heavy (non-hydrogen) atoms. The van der Waals surface area contributed by atoms with Crippen molar-refractivity contribution in [2.24, 2.45) is 5.10 Å². The van der Waals surface area contributed by atoms with E-state index in [0.29, 0.717) is 15.7 Å². The summed E-state index contributed by atoms with van der Waals surface area (Å²) in [6, 6.07) is 4.70. The van der Waals surface area contributed by atoms with Gasteiger partial charge in [-0.1, -0.05) is 23.2 Å². The number of anilines is 1. The van der Waals surface area contributed by atoms with E-state index in [1.54, 1.807) is 19.1 Å². The van der Waals surface area contributed by atoms with Gasteiger partial charge in [0.15, 0.2) is 5.78 Å². The zero-order chi connectivity index (χ0) is 14.4. The molecular weight excluding hydrogens is 291 g/mol. The molecule has 0 aromatic heterocycles. The van der Waals surface area contributed by atoms with Crippen molar-refractivity contribution in [3.8, 4) is 0 Å². The Labute approximate surface area is 120 Å². The number of ether oxygens (including phenoxy) is 1. The second kappa shape index (κ2) is 7.11. The Morgan fingerprint density at radius 1 is 1.32 bits per heavy atom. The lowest BCUT2D eigenvalue weighted by Gasteiger charge is -2.05. The van der Waals surface area contributed by atoms with Gasteiger partial charge >= 0.3 is 5.97 Å². The van der Waals surface area contributed by atoms with Crippen molar-refractivity contribution in [1.82, 2.24) is 0 Å². The van der Waals surface area contributed by atoms with Gasteiger partial charge in [-0.05, 0) is 25.1 Å². The van der Waals surface area contributed by atoms with E-state index >= 15 is 0 Å². The number of ketones is 1. The molecule has 1 rings (SSSR count). The van der Waals surface area contributed by atoms with Gasteiger partial charge in [0.2, 0.25) is 5.71 Å². The molecular formula is C12H12Cl2N2O3. The van der Waals surface area contributed by atoms with Crippen molar-refractivity contribution < 1.29 is 14.3 Å². The molecule has 0 aliphatic heterocycles. The van der Waals surface area contributed by atoms with E-state index in [9.17, 15) is 9.59 Å². The number of carbonyl (C=O) groups excluding carboxylic acids is 2. The number of esters is 1.